The van der Waals surface area contributed by atoms with Gasteiger partial charge in [-0.3, -0.25) is 0 Å². The quantitative estimate of drug-likeness (QED) is 0.650. The lowest BCUT2D eigenvalue weighted by atomic mass is 10.0. The normalized spacial score (nSPS) is 17.4. The van der Waals surface area contributed by atoms with Crippen LogP contribution in [-0.4, -0.2) is 63.9 Å². The number of likely N-dealkylation sites (N-methyl/N-ethyl adjacent to an activating group) is 1. The SMILES string of the molecule is Cc1cc(-c2ncnn3cc(N4CCN(C)C[C@H]4C)cc23)ccc1CNC(=O)OC(C)(C)C. The molecule has 0 saturated carbocycles. The third kappa shape index (κ3) is 5.27. The molecule has 4 rings (SSSR count). The van der Waals surface area contributed by atoms with Crippen molar-refractivity contribution in [2.45, 2.75) is 52.8 Å². The lowest BCUT2D eigenvalue weighted by Crippen LogP contribution is -2.50. The van der Waals surface area contributed by atoms with E-state index in [1.807, 2.05) is 44.3 Å². The molecule has 176 valence electrons. The van der Waals surface area contributed by atoms with E-state index in [1.54, 1.807) is 6.33 Å². The standard InChI is InChI=1S/C25H34N6O2/c1-17-11-19(7-8-20(17)13-26-24(32)33-25(3,4)5)23-22-12-21(15-31(22)28-16-27-23)30-10-9-29(6)14-18(30)2/h7-8,11-12,15-16,18H,9-10,13-14H2,1-6H3,(H,26,32)/t18-/m1/s1. The van der Waals surface area contributed by atoms with Crippen molar-refractivity contribution in [2.24, 2.45) is 0 Å². The van der Waals surface area contributed by atoms with Gasteiger partial charge in [0.15, 0.2) is 0 Å². The van der Waals surface area contributed by atoms with Gasteiger partial charge in [0.1, 0.15) is 11.9 Å². The van der Waals surface area contributed by atoms with Crippen LogP contribution in [0.5, 0.6) is 0 Å². The first-order valence-corrected chi connectivity index (χ1v) is 11.5. The minimum Gasteiger partial charge on any atom is -0.444 e. The van der Waals surface area contributed by atoms with E-state index in [0.717, 1.165) is 47.5 Å². The Morgan fingerprint density at radius 1 is 1.24 bits per heavy atom. The minimum absolute atomic E-state index is 0.413. The van der Waals surface area contributed by atoms with E-state index < -0.39 is 11.7 Å². The second kappa shape index (κ2) is 9.02. The molecule has 1 aliphatic rings. The number of carbonyl (C=O) groups excluding carboxylic acids is 1. The zero-order valence-corrected chi connectivity index (χ0v) is 20.4. The molecule has 8 nitrogen and oxygen atoms in total. The van der Waals surface area contributed by atoms with Gasteiger partial charge in [-0.15, -0.1) is 0 Å². The summed E-state index contributed by atoms with van der Waals surface area (Å²) in [5.41, 5.74) is 5.69. The molecule has 8 heteroatoms. The Morgan fingerprint density at radius 2 is 2.03 bits per heavy atom. The van der Waals surface area contributed by atoms with Gasteiger partial charge in [-0.25, -0.2) is 14.3 Å². The molecule has 1 aliphatic heterocycles. The van der Waals surface area contributed by atoms with E-state index in [9.17, 15) is 4.79 Å². The fraction of sp³-hybridized carbons (Fsp3) is 0.480. The first-order chi connectivity index (χ1) is 15.6. The number of aryl methyl sites for hydroxylation is 1. The zero-order chi connectivity index (χ0) is 23.8. The Balaban J connectivity index is 1.56. The molecule has 1 fully saturated rings. The molecular formula is C25H34N6O2. The number of rotatable bonds is 4. The second-order valence-electron chi connectivity index (χ2n) is 9.94. The number of piperazine rings is 1. The van der Waals surface area contributed by atoms with E-state index in [0.29, 0.717) is 12.6 Å². The van der Waals surface area contributed by atoms with Crippen LogP contribution in [0.4, 0.5) is 10.5 Å². The molecule has 1 atom stereocenters. The van der Waals surface area contributed by atoms with Gasteiger partial charge in [0.05, 0.1) is 23.1 Å². The highest BCUT2D eigenvalue weighted by Crippen LogP contribution is 2.29. The maximum atomic E-state index is 12.0. The molecule has 1 amide bonds. The molecule has 0 aliphatic carbocycles. The van der Waals surface area contributed by atoms with Crippen LogP contribution >= 0.6 is 0 Å². The monoisotopic (exact) mass is 450 g/mol. The van der Waals surface area contributed by atoms with Crippen LogP contribution in [0.1, 0.15) is 38.8 Å². The highest BCUT2D eigenvalue weighted by atomic mass is 16.6. The van der Waals surface area contributed by atoms with Crippen molar-refractivity contribution in [2.75, 3.05) is 31.6 Å². The van der Waals surface area contributed by atoms with Gasteiger partial charge >= 0.3 is 6.09 Å². The highest BCUT2D eigenvalue weighted by molar-refractivity contribution is 5.80. The topological polar surface area (TPSA) is 75.0 Å². The predicted molar refractivity (Wildman–Crippen MR) is 131 cm³/mol. The number of nitrogens with zero attached hydrogens (tertiary/aromatic N) is 5. The molecular weight excluding hydrogens is 416 g/mol. The van der Waals surface area contributed by atoms with E-state index in [-0.39, 0.29) is 0 Å². The Kier molecular flexibility index (Phi) is 6.30. The van der Waals surface area contributed by atoms with Crippen LogP contribution < -0.4 is 10.2 Å². The second-order valence-corrected chi connectivity index (χ2v) is 9.94. The lowest BCUT2D eigenvalue weighted by molar-refractivity contribution is 0.0523. The van der Waals surface area contributed by atoms with Crippen LogP contribution in [0.15, 0.2) is 36.8 Å². The number of fused-ring (bicyclic) bond motifs is 1. The highest BCUT2D eigenvalue weighted by Gasteiger charge is 2.23. The molecule has 3 aromatic rings. The summed E-state index contributed by atoms with van der Waals surface area (Å²) >= 11 is 0. The summed E-state index contributed by atoms with van der Waals surface area (Å²) in [5, 5.41) is 7.28. The van der Waals surface area contributed by atoms with Crippen molar-refractivity contribution in [3.05, 3.63) is 47.9 Å². The van der Waals surface area contributed by atoms with Gasteiger partial charge in [0.25, 0.3) is 0 Å². The van der Waals surface area contributed by atoms with Gasteiger partial charge in [-0.2, -0.15) is 5.10 Å². The van der Waals surface area contributed by atoms with Crippen molar-refractivity contribution in [1.29, 1.82) is 0 Å². The number of anilines is 1. The van der Waals surface area contributed by atoms with Crippen molar-refractivity contribution < 1.29 is 9.53 Å². The molecule has 33 heavy (non-hydrogen) atoms. The number of alkyl carbamates (subject to hydrolysis) is 1. The maximum Gasteiger partial charge on any atom is 0.407 e. The Bertz CT molecular complexity index is 1150. The summed E-state index contributed by atoms with van der Waals surface area (Å²) in [6.45, 7) is 13.4. The fourth-order valence-electron chi connectivity index (χ4n) is 4.34. The third-order valence-electron chi connectivity index (χ3n) is 5.99. The molecule has 0 bridgehead atoms. The van der Waals surface area contributed by atoms with Gasteiger partial charge in [0.2, 0.25) is 0 Å². The fourth-order valence-corrected chi connectivity index (χ4v) is 4.34. The van der Waals surface area contributed by atoms with Gasteiger partial charge in [0, 0.05) is 37.8 Å². The van der Waals surface area contributed by atoms with Gasteiger partial charge in [-0.05, 0) is 64.9 Å². The van der Waals surface area contributed by atoms with E-state index in [4.69, 9.17) is 4.74 Å². The lowest BCUT2D eigenvalue weighted by Gasteiger charge is -2.39. The Hall–Kier alpha value is -3.13. The smallest absolute Gasteiger partial charge is 0.407 e. The first-order valence-electron chi connectivity index (χ1n) is 11.5. The summed E-state index contributed by atoms with van der Waals surface area (Å²) in [4.78, 5) is 21.4. The number of nitrogens with one attached hydrogen (secondary N) is 1. The van der Waals surface area contributed by atoms with Crippen LogP contribution in [0.3, 0.4) is 0 Å². The third-order valence-corrected chi connectivity index (χ3v) is 5.99. The number of carbonyl (C=O) groups is 1. The number of amides is 1. The number of hydrogen-bond acceptors (Lipinski definition) is 6. The molecule has 0 radical (unpaired) electrons. The van der Waals surface area contributed by atoms with E-state index in [1.165, 1.54) is 5.69 Å². The zero-order valence-electron chi connectivity index (χ0n) is 20.4. The number of benzene rings is 1. The molecule has 2 aromatic heterocycles. The van der Waals surface area contributed by atoms with Gasteiger partial charge < -0.3 is 19.9 Å². The predicted octanol–water partition coefficient (Wildman–Crippen LogP) is 3.87. The van der Waals surface area contributed by atoms with Gasteiger partial charge in [-0.1, -0.05) is 12.1 Å². The maximum absolute atomic E-state index is 12.0. The number of aromatic nitrogens is 3. The summed E-state index contributed by atoms with van der Waals surface area (Å²) in [6.07, 6.45) is 3.28. The van der Waals surface area contributed by atoms with Crippen LogP contribution in [0.2, 0.25) is 0 Å². The minimum atomic E-state index is -0.515. The van der Waals surface area contributed by atoms with Crippen LogP contribution in [0, 0.1) is 6.92 Å². The average molecular weight is 451 g/mol. The molecule has 1 N–H and O–H groups in total. The van der Waals surface area contributed by atoms with Crippen LogP contribution in [-0.2, 0) is 11.3 Å². The molecule has 1 saturated heterocycles. The molecule has 3 heterocycles. The average Bonchev–Trinajstić information content (AvgIpc) is 3.15. The first kappa shape index (κ1) is 23.0. The molecule has 0 spiro atoms. The molecule has 0 unspecified atom stereocenters. The summed E-state index contributed by atoms with van der Waals surface area (Å²) in [6, 6.07) is 8.82. The Labute approximate surface area is 195 Å². The van der Waals surface area contributed by atoms with Crippen molar-refractivity contribution in [3.8, 4) is 11.3 Å². The van der Waals surface area contributed by atoms with Crippen molar-refractivity contribution in [1.82, 2.24) is 24.8 Å². The number of hydrogen-bond donors (Lipinski definition) is 1. The van der Waals surface area contributed by atoms with E-state index in [2.05, 4.69) is 57.5 Å². The summed E-state index contributed by atoms with van der Waals surface area (Å²) in [7, 11) is 2.17. The van der Waals surface area contributed by atoms with Crippen molar-refractivity contribution in [3.63, 3.8) is 0 Å². The number of ether oxygens (including phenoxy) is 1. The van der Waals surface area contributed by atoms with E-state index >= 15 is 0 Å². The summed E-state index contributed by atoms with van der Waals surface area (Å²) in [5.74, 6) is 0. The molecule has 1 aromatic carbocycles. The van der Waals surface area contributed by atoms with Crippen LogP contribution in [0.25, 0.3) is 16.8 Å². The largest absolute Gasteiger partial charge is 0.444 e. The Morgan fingerprint density at radius 3 is 2.73 bits per heavy atom. The summed E-state index contributed by atoms with van der Waals surface area (Å²) < 4.78 is 7.24. The van der Waals surface area contributed by atoms with Crippen molar-refractivity contribution >= 4 is 17.3 Å².